The van der Waals surface area contributed by atoms with Crippen LogP contribution in [0.25, 0.3) is 0 Å². The maximum Gasteiger partial charge on any atom is 0.306 e. The van der Waals surface area contributed by atoms with E-state index in [1.165, 1.54) is 270 Å². The molecule has 0 aliphatic heterocycles. The van der Waals surface area contributed by atoms with E-state index in [9.17, 15) is 14.4 Å². The highest BCUT2D eigenvalue weighted by Crippen LogP contribution is 2.18. The number of hydrogen-bond donors (Lipinski definition) is 0. The number of carbonyl (C=O) groups is 3. The normalized spacial score (nSPS) is 12.2. The van der Waals surface area contributed by atoms with Crippen LogP contribution >= 0.6 is 0 Å². The van der Waals surface area contributed by atoms with Gasteiger partial charge in [-0.2, -0.15) is 0 Å². The predicted octanol–water partition coefficient (Wildman–Crippen LogP) is 23.6. The lowest BCUT2D eigenvalue weighted by atomic mass is 10.0. The summed E-state index contributed by atoms with van der Waals surface area (Å²) in [6, 6.07) is 0. The van der Waals surface area contributed by atoms with Gasteiger partial charge < -0.3 is 14.2 Å². The van der Waals surface area contributed by atoms with Gasteiger partial charge in [-0.05, 0) is 57.8 Å². The average Bonchev–Trinajstić information content (AvgIpc) is 3.43. The molecule has 0 spiro atoms. The van der Waals surface area contributed by atoms with Crippen molar-refractivity contribution in [2.24, 2.45) is 0 Å². The third-order valence-corrected chi connectivity index (χ3v) is 15.6. The molecule has 0 bridgehead atoms. The minimum absolute atomic E-state index is 0.0673. The third-order valence-electron chi connectivity index (χ3n) is 15.6. The lowest BCUT2D eigenvalue weighted by molar-refractivity contribution is -0.167. The average molecular weight is 1080 g/mol. The molecule has 0 N–H and O–H groups in total. The highest BCUT2D eigenvalue weighted by atomic mass is 16.6. The van der Waals surface area contributed by atoms with Crippen LogP contribution in [0.5, 0.6) is 0 Å². The fourth-order valence-corrected chi connectivity index (χ4v) is 10.5. The van der Waals surface area contributed by atoms with Crippen molar-refractivity contribution in [1.29, 1.82) is 0 Å². The molecule has 0 aromatic rings. The summed E-state index contributed by atoms with van der Waals surface area (Å²) >= 11 is 0. The van der Waals surface area contributed by atoms with Crippen molar-refractivity contribution >= 4 is 17.9 Å². The summed E-state index contributed by atoms with van der Waals surface area (Å²) in [5, 5.41) is 0. The molecule has 0 heterocycles. The monoisotopic (exact) mass is 1080 g/mol. The molecule has 0 amide bonds. The van der Waals surface area contributed by atoms with Gasteiger partial charge in [-0.15, -0.1) is 0 Å². The number of ether oxygens (including phenoxy) is 3. The van der Waals surface area contributed by atoms with Gasteiger partial charge in [0, 0.05) is 19.3 Å². The zero-order valence-electron chi connectivity index (χ0n) is 52.0. The summed E-state index contributed by atoms with van der Waals surface area (Å²) in [5.74, 6) is -0.847. The Morgan fingerprint density at radius 1 is 0.260 bits per heavy atom. The molecule has 0 saturated heterocycles. The summed E-state index contributed by atoms with van der Waals surface area (Å²) in [6.45, 7) is 6.67. The molecule has 0 fully saturated rings. The summed E-state index contributed by atoms with van der Waals surface area (Å²) < 4.78 is 16.9. The van der Waals surface area contributed by atoms with Gasteiger partial charge in [0.25, 0.3) is 0 Å². The fraction of sp³-hybridized carbons (Fsp3) is 0.873. The first-order valence-corrected chi connectivity index (χ1v) is 34.5. The number of rotatable bonds is 64. The van der Waals surface area contributed by atoms with E-state index in [1.807, 2.05) is 0 Å². The molecule has 0 saturated carbocycles. The van der Waals surface area contributed by atoms with Gasteiger partial charge in [0.15, 0.2) is 6.10 Å². The summed E-state index contributed by atoms with van der Waals surface area (Å²) in [5.41, 5.74) is 0. The topological polar surface area (TPSA) is 78.9 Å². The Hall–Kier alpha value is -2.37. The third kappa shape index (κ3) is 64.3. The number of allylic oxidation sites excluding steroid dienone is 6. The summed E-state index contributed by atoms with van der Waals surface area (Å²) in [4.78, 5) is 38.2. The maximum absolute atomic E-state index is 12.9. The first-order valence-electron chi connectivity index (χ1n) is 34.5. The van der Waals surface area contributed by atoms with E-state index in [4.69, 9.17) is 14.2 Å². The van der Waals surface area contributed by atoms with E-state index < -0.39 is 6.10 Å². The Bertz CT molecular complexity index is 1290. The van der Waals surface area contributed by atoms with Crippen LogP contribution in [0, 0.1) is 0 Å². The Morgan fingerprint density at radius 2 is 0.468 bits per heavy atom. The van der Waals surface area contributed by atoms with Crippen molar-refractivity contribution in [3.63, 3.8) is 0 Å². The standard InChI is InChI=1S/C71H132O6/c1-4-7-10-13-16-19-21-23-25-27-29-31-33-35-36-37-39-40-42-44-46-48-50-52-55-58-61-64-70(73)76-67-68(66-75-69(72)63-60-57-54-18-15-12-9-6-3)77-71(74)65-62-59-56-53-51-49-47-45-43-41-38-34-32-30-28-26-24-22-20-17-14-11-8-5-2/h21,23,27,29,33,35,68H,4-20,22,24-26,28,30-32,34,36-67H2,1-3H3/b23-21-,29-27-,35-33-. The van der Waals surface area contributed by atoms with Crippen LogP contribution in [0.3, 0.4) is 0 Å². The molecule has 452 valence electrons. The Morgan fingerprint density at radius 3 is 0.727 bits per heavy atom. The van der Waals surface area contributed by atoms with Gasteiger partial charge in [0.1, 0.15) is 13.2 Å². The zero-order valence-corrected chi connectivity index (χ0v) is 52.0. The molecular weight excluding hydrogens is 949 g/mol. The van der Waals surface area contributed by atoms with E-state index in [-0.39, 0.29) is 31.1 Å². The second kappa shape index (κ2) is 66.1. The Kier molecular flexibility index (Phi) is 64.1. The molecule has 1 atom stereocenters. The molecule has 6 nitrogen and oxygen atoms in total. The van der Waals surface area contributed by atoms with E-state index in [0.717, 1.165) is 70.6 Å². The second-order valence-electron chi connectivity index (χ2n) is 23.5. The largest absolute Gasteiger partial charge is 0.462 e. The molecule has 77 heavy (non-hydrogen) atoms. The van der Waals surface area contributed by atoms with Gasteiger partial charge >= 0.3 is 17.9 Å². The minimum Gasteiger partial charge on any atom is -0.462 e. The maximum atomic E-state index is 12.9. The molecule has 0 rings (SSSR count). The van der Waals surface area contributed by atoms with E-state index in [0.29, 0.717) is 19.3 Å². The smallest absolute Gasteiger partial charge is 0.306 e. The van der Waals surface area contributed by atoms with Crippen LogP contribution in [-0.2, 0) is 28.6 Å². The van der Waals surface area contributed by atoms with E-state index in [1.54, 1.807) is 0 Å². The van der Waals surface area contributed by atoms with Gasteiger partial charge in [0.05, 0.1) is 0 Å². The summed E-state index contributed by atoms with van der Waals surface area (Å²) in [7, 11) is 0. The molecule has 0 radical (unpaired) electrons. The highest BCUT2D eigenvalue weighted by molar-refractivity contribution is 5.71. The van der Waals surface area contributed by atoms with Crippen molar-refractivity contribution < 1.29 is 28.6 Å². The molecule has 0 aliphatic rings. The van der Waals surface area contributed by atoms with E-state index >= 15 is 0 Å². The number of unbranched alkanes of at least 4 members (excludes halogenated alkanes) is 47. The first kappa shape index (κ1) is 74.6. The van der Waals surface area contributed by atoms with Crippen molar-refractivity contribution in [3.8, 4) is 0 Å². The second-order valence-corrected chi connectivity index (χ2v) is 23.5. The van der Waals surface area contributed by atoms with Crippen molar-refractivity contribution in [1.82, 2.24) is 0 Å². The first-order chi connectivity index (χ1) is 38.0. The minimum atomic E-state index is -0.768. The molecular formula is C71H132O6. The predicted molar refractivity (Wildman–Crippen MR) is 335 cm³/mol. The highest BCUT2D eigenvalue weighted by Gasteiger charge is 2.19. The van der Waals surface area contributed by atoms with Crippen molar-refractivity contribution in [2.75, 3.05) is 13.2 Å². The molecule has 0 aliphatic carbocycles. The van der Waals surface area contributed by atoms with Crippen LogP contribution in [0.4, 0.5) is 0 Å². The van der Waals surface area contributed by atoms with Crippen LogP contribution < -0.4 is 0 Å². The molecule has 1 unspecified atom stereocenters. The lowest BCUT2D eigenvalue weighted by Gasteiger charge is -2.18. The van der Waals surface area contributed by atoms with Crippen LogP contribution in [-0.4, -0.2) is 37.2 Å². The number of carbonyl (C=O) groups excluding carboxylic acids is 3. The van der Waals surface area contributed by atoms with Crippen LogP contribution in [0.2, 0.25) is 0 Å². The van der Waals surface area contributed by atoms with Gasteiger partial charge in [-0.3, -0.25) is 14.4 Å². The van der Waals surface area contributed by atoms with Crippen molar-refractivity contribution in [2.45, 2.75) is 386 Å². The van der Waals surface area contributed by atoms with Crippen LogP contribution in [0.1, 0.15) is 380 Å². The fourth-order valence-electron chi connectivity index (χ4n) is 10.5. The zero-order chi connectivity index (χ0) is 55.7. The van der Waals surface area contributed by atoms with Crippen LogP contribution in [0.15, 0.2) is 36.5 Å². The number of hydrogen-bond acceptors (Lipinski definition) is 6. The Balaban J connectivity index is 4.09. The Labute approximate surface area is 480 Å². The molecule has 6 heteroatoms. The molecule has 0 aromatic carbocycles. The van der Waals surface area contributed by atoms with Crippen molar-refractivity contribution in [3.05, 3.63) is 36.5 Å². The van der Waals surface area contributed by atoms with Gasteiger partial charge in [-0.25, -0.2) is 0 Å². The SMILES string of the molecule is CCCCCCC/C=C\C/C=C\C/C=C\CCCCCCCCCCCCCCC(=O)OCC(COC(=O)CCCCCCCCCC)OC(=O)CCCCCCCCCCCCCCCCCCCCCCCCCC. The van der Waals surface area contributed by atoms with Gasteiger partial charge in [0.2, 0.25) is 0 Å². The lowest BCUT2D eigenvalue weighted by Crippen LogP contribution is -2.30. The van der Waals surface area contributed by atoms with E-state index in [2.05, 4.69) is 57.2 Å². The van der Waals surface area contributed by atoms with Gasteiger partial charge in [-0.1, -0.05) is 340 Å². The molecule has 0 aromatic heterocycles. The quantitative estimate of drug-likeness (QED) is 0.0261. The summed E-state index contributed by atoms with van der Waals surface area (Å²) in [6.07, 6.45) is 81.9. The number of esters is 3.